The van der Waals surface area contributed by atoms with Crippen molar-refractivity contribution >= 4 is 22.6 Å². The molecule has 0 heterocycles. The Labute approximate surface area is 140 Å². The van der Waals surface area contributed by atoms with Gasteiger partial charge in [0.05, 0.1) is 18.7 Å². The number of fused-ring (bicyclic) bond motifs is 1. The van der Waals surface area contributed by atoms with Gasteiger partial charge in [0.2, 0.25) is 0 Å². The highest BCUT2D eigenvalue weighted by molar-refractivity contribution is 6.07. The van der Waals surface area contributed by atoms with Crippen LogP contribution in [0.2, 0.25) is 0 Å². The van der Waals surface area contributed by atoms with Gasteiger partial charge in [0.15, 0.2) is 5.78 Å². The molecule has 0 fully saturated rings. The monoisotopic (exact) mass is 313 g/mol. The number of methoxy groups -OCH3 is 1. The van der Waals surface area contributed by atoms with Gasteiger partial charge in [-0.2, -0.15) is 5.26 Å². The zero-order valence-electron chi connectivity index (χ0n) is 13.2. The van der Waals surface area contributed by atoms with Crippen LogP contribution in [0.25, 0.3) is 16.8 Å². The molecule has 0 N–H and O–H groups in total. The summed E-state index contributed by atoms with van der Waals surface area (Å²) in [4.78, 5) is 12.2. The highest BCUT2D eigenvalue weighted by Crippen LogP contribution is 2.22. The second-order valence-corrected chi connectivity index (χ2v) is 5.36. The van der Waals surface area contributed by atoms with Crippen LogP contribution in [0.1, 0.15) is 21.5 Å². The minimum absolute atomic E-state index is 0.0886. The summed E-state index contributed by atoms with van der Waals surface area (Å²) in [5.41, 5.74) is 2.06. The average molecular weight is 313 g/mol. The van der Waals surface area contributed by atoms with Crippen molar-refractivity contribution < 1.29 is 9.53 Å². The average Bonchev–Trinajstić information content (AvgIpc) is 2.65. The van der Waals surface area contributed by atoms with Gasteiger partial charge in [-0.05, 0) is 64.9 Å². The van der Waals surface area contributed by atoms with Gasteiger partial charge in [-0.1, -0.05) is 24.3 Å². The summed E-state index contributed by atoms with van der Waals surface area (Å²) in [5, 5.41) is 11.0. The van der Waals surface area contributed by atoms with E-state index in [2.05, 4.69) is 0 Å². The molecule has 0 unspecified atom stereocenters. The SMILES string of the molecule is COc1ccc2cc(/C=C/C(=O)c3ccc(C#N)cc3)ccc2c1. The first kappa shape index (κ1) is 15.5. The molecule has 0 spiro atoms. The fourth-order valence-electron chi connectivity index (χ4n) is 2.45. The van der Waals surface area contributed by atoms with E-state index >= 15 is 0 Å². The van der Waals surface area contributed by atoms with E-state index in [1.54, 1.807) is 43.5 Å². The van der Waals surface area contributed by atoms with Crippen molar-refractivity contribution in [3.8, 4) is 11.8 Å². The summed E-state index contributed by atoms with van der Waals surface area (Å²) in [5.74, 6) is 0.733. The van der Waals surface area contributed by atoms with Crippen molar-refractivity contribution in [2.75, 3.05) is 7.11 Å². The third kappa shape index (κ3) is 3.34. The van der Waals surface area contributed by atoms with E-state index in [1.165, 1.54) is 0 Å². The summed E-state index contributed by atoms with van der Waals surface area (Å²) < 4.78 is 5.22. The van der Waals surface area contributed by atoms with Crippen molar-refractivity contribution in [2.45, 2.75) is 0 Å². The van der Waals surface area contributed by atoms with Gasteiger partial charge in [0.25, 0.3) is 0 Å². The van der Waals surface area contributed by atoms with Crippen LogP contribution < -0.4 is 4.74 Å². The normalized spacial score (nSPS) is 10.7. The van der Waals surface area contributed by atoms with Crippen LogP contribution in [0.3, 0.4) is 0 Å². The number of nitrogens with zero attached hydrogens (tertiary/aromatic N) is 1. The molecule has 0 aliphatic heterocycles. The predicted octanol–water partition coefficient (Wildman–Crippen LogP) is 4.62. The van der Waals surface area contributed by atoms with E-state index in [1.807, 2.05) is 42.5 Å². The number of nitriles is 1. The maximum absolute atomic E-state index is 12.2. The smallest absolute Gasteiger partial charge is 0.185 e. The molecule has 0 radical (unpaired) electrons. The van der Waals surface area contributed by atoms with E-state index < -0.39 is 0 Å². The van der Waals surface area contributed by atoms with Gasteiger partial charge in [0.1, 0.15) is 5.75 Å². The van der Waals surface area contributed by atoms with Crippen molar-refractivity contribution in [1.82, 2.24) is 0 Å². The predicted molar refractivity (Wildman–Crippen MR) is 95.0 cm³/mol. The zero-order chi connectivity index (χ0) is 16.9. The number of benzene rings is 3. The van der Waals surface area contributed by atoms with Crippen LogP contribution in [0.15, 0.2) is 66.7 Å². The van der Waals surface area contributed by atoms with Gasteiger partial charge in [-0.25, -0.2) is 0 Å². The maximum Gasteiger partial charge on any atom is 0.185 e. The highest BCUT2D eigenvalue weighted by Gasteiger charge is 2.02. The summed E-state index contributed by atoms with van der Waals surface area (Å²) in [6, 6.07) is 20.5. The lowest BCUT2D eigenvalue weighted by atomic mass is 10.0. The fraction of sp³-hybridized carbons (Fsp3) is 0.0476. The Kier molecular flexibility index (Phi) is 4.40. The van der Waals surface area contributed by atoms with E-state index in [0.29, 0.717) is 11.1 Å². The lowest BCUT2D eigenvalue weighted by molar-refractivity contribution is 0.104. The maximum atomic E-state index is 12.2. The second-order valence-electron chi connectivity index (χ2n) is 5.36. The minimum atomic E-state index is -0.0886. The number of allylic oxidation sites excluding steroid dienone is 1. The molecule has 0 saturated carbocycles. The van der Waals surface area contributed by atoms with Crippen LogP contribution in [-0.2, 0) is 0 Å². The molecule has 3 nitrogen and oxygen atoms in total. The largest absolute Gasteiger partial charge is 0.497 e. The van der Waals surface area contributed by atoms with Gasteiger partial charge in [0, 0.05) is 5.56 Å². The summed E-state index contributed by atoms with van der Waals surface area (Å²) in [6.45, 7) is 0. The molecule has 0 amide bonds. The molecule has 0 saturated heterocycles. The Morgan fingerprint density at radius 2 is 1.71 bits per heavy atom. The molecule has 3 rings (SSSR count). The molecule has 3 aromatic carbocycles. The Morgan fingerprint density at radius 3 is 2.42 bits per heavy atom. The molecule has 24 heavy (non-hydrogen) atoms. The van der Waals surface area contributed by atoms with Crippen molar-refractivity contribution in [1.29, 1.82) is 5.26 Å². The number of hydrogen-bond acceptors (Lipinski definition) is 3. The lowest BCUT2D eigenvalue weighted by Crippen LogP contribution is -1.93. The molecule has 3 aromatic rings. The lowest BCUT2D eigenvalue weighted by Gasteiger charge is -2.03. The third-order valence-corrected chi connectivity index (χ3v) is 3.80. The molecule has 116 valence electrons. The molecular formula is C21H15NO2. The third-order valence-electron chi connectivity index (χ3n) is 3.80. The number of carbonyl (C=O) groups is 1. The van der Waals surface area contributed by atoms with Gasteiger partial charge >= 0.3 is 0 Å². The van der Waals surface area contributed by atoms with E-state index in [9.17, 15) is 4.79 Å². The van der Waals surface area contributed by atoms with E-state index in [4.69, 9.17) is 10.00 Å². The Hall–Kier alpha value is -3.38. The molecule has 3 heteroatoms. The molecule has 0 atom stereocenters. The van der Waals surface area contributed by atoms with Crippen LogP contribution in [0.4, 0.5) is 0 Å². The minimum Gasteiger partial charge on any atom is -0.497 e. The first-order valence-electron chi connectivity index (χ1n) is 7.50. The van der Waals surface area contributed by atoms with Crippen LogP contribution in [0, 0.1) is 11.3 Å². The molecule has 0 aliphatic rings. The van der Waals surface area contributed by atoms with Crippen molar-refractivity contribution in [2.24, 2.45) is 0 Å². The van der Waals surface area contributed by atoms with Crippen LogP contribution in [0.5, 0.6) is 5.75 Å². The molecule has 0 aromatic heterocycles. The van der Waals surface area contributed by atoms with Gasteiger partial charge < -0.3 is 4.74 Å². The van der Waals surface area contributed by atoms with Crippen molar-refractivity contribution in [3.63, 3.8) is 0 Å². The first-order chi connectivity index (χ1) is 11.7. The first-order valence-corrected chi connectivity index (χ1v) is 7.50. The molecular weight excluding hydrogens is 298 g/mol. The highest BCUT2D eigenvalue weighted by atomic mass is 16.5. The van der Waals surface area contributed by atoms with Gasteiger partial charge in [-0.15, -0.1) is 0 Å². The summed E-state index contributed by atoms with van der Waals surface area (Å²) in [7, 11) is 1.65. The Bertz CT molecular complexity index is 963. The molecule has 0 aliphatic carbocycles. The summed E-state index contributed by atoms with van der Waals surface area (Å²) in [6.07, 6.45) is 3.34. The number of ketones is 1. The van der Waals surface area contributed by atoms with E-state index in [-0.39, 0.29) is 5.78 Å². The fourth-order valence-corrected chi connectivity index (χ4v) is 2.45. The van der Waals surface area contributed by atoms with Crippen LogP contribution in [-0.4, -0.2) is 12.9 Å². The quantitative estimate of drug-likeness (QED) is 0.522. The number of carbonyl (C=O) groups excluding carboxylic acids is 1. The van der Waals surface area contributed by atoms with Crippen molar-refractivity contribution in [3.05, 3.63) is 83.4 Å². The number of ether oxygens (including phenoxy) is 1. The van der Waals surface area contributed by atoms with E-state index in [0.717, 1.165) is 22.1 Å². The molecule has 0 bridgehead atoms. The topological polar surface area (TPSA) is 50.1 Å². The van der Waals surface area contributed by atoms with Gasteiger partial charge in [-0.3, -0.25) is 4.79 Å². The standard InChI is InChI=1S/C21H15NO2/c1-24-20-10-9-18-12-15(2-8-19(18)13-20)5-11-21(23)17-6-3-16(14-22)4-7-17/h2-13H,1H3/b11-5+. The Morgan fingerprint density at radius 1 is 1.00 bits per heavy atom. The number of hydrogen-bond donors (Lipinski definition) is 0. The second kappa shape index (κ2) is 6.80. The number of rotatable bonds is 4. The van der Waals surface area contributed by atoms with Crippen LogP contribution >= 0.6 is 0 Å². The summed E-state index contributed by atoms with van der Waals surface area (Å²) >= 11 is 0. The Balaban J connectivity index is 1.81. The zero-order valence-corrected chi connectivity index (χ0v) is 13.2.